The summed E-state index contributed by atoms with van der Waals surface area (Å²) in [5, 5.41) is 8.71. The first-order valence-electron chi connectivity index (χ1n) is 13.2. The smallest absolute Gasteiger partial charge is 0.251 e. The number of ether oxygens (including phenoxy) is 1. The highest BCUT2D eigenvalue weighted by Gasteiger charge is 2.38. The van der Waals surface area contributed by atoms with E-state index < -0.39 is 5.54 Å². The third kappa shape index (κ3) is 5.54. The van der Waals surface area contributed by atoms with Crippen LogP contribution in [0.15, 0.2) is 59.9 Å². The van der Waals surface area contributed by atoms with Gasteiger partial charge in [0.25, 0.3) is 5.91 Å². The van der Waals surface area contributed by atoms with E-state index in [-0.39, 0.29) is 17.4 Å². The minimum Gasteiger partial charge on any atom is -0.496 e. The molecule has 0 radical (unpaired) electrons. The maximum Gasteiger partial charge on any atom is 0.251 e. The summed E-state index contributed by atoms with van der Waals surface area (Å²) >= 11 is 0. The number of nitrogens with two attached hydrogens (primary N) is 1. The molecule has 6 heteroatoms. The van der Waals surface area contributed by atoms with Crippen molar-refractivity contribution in [3.8, 4) is 5.75 Å². The Morgan fingerprint density at radius 1 is 1.14 bits per heavy atom. The van der Waals surface area contributed by atoms with Gasteiger partial charge in [-0.3, -0.25) is 9.80 Å². The largest absolute Gasteiger partial charge is 0.496 e. The number of amides is 1. The number of nitrogens with one attached hydrogen (secondary N) is 2. The van der Waals surface area contributed by atoms with Gasteiger partial charge in [0.2, 0.25) is 0 Å². The quantitative estimate of drug-likeness (QED) is 0.335. The first kappa shape index (κ1) is 27.6. The number of para-hydroxylation sites is 1. The summed E-state index contributed by atoms with van der Waals surface area (Å²) in [5.74, 6) is 8.41. The highest BCUT2D eigenvalue weighted by atomic mass is 16.5. The molecule has 1 fully saturated rings. The molecule has 0 spiro atoms. The first-order valence-corrected chi connectivity index (χ1v) is 13.2. The molecule has 4 N–H and O–H groups in total. The molecule has 36 heavy (non-hydrogen) atoms. The number of rotatable bonds is 8. The van der Waals surface area contributed by atoms with Gasteiger partial charge in [-0.1, -0.05) is 68.8 Å². The number of carbonyl (C=O) groups excluding carboxylic acids is 1. The summed E-state index contributed by atoms with van der Waals surface area (Å²) in [6.45, 7) is 13.3. The number of hydrogen-bond donors (Lipinski definition) is 3. The van der Waals surface area contributed by atoms with Crippen molar-refractivity contribution in [2.75, 3.05) is 13.7 Å². The molecule has 2 aromatic carbocycles. The van der Waals surface area contributed by atoms with Crippen molar-refractivity contribution in [3.63, 3.8) is 0 Å². The molecule has 1 saturated heterocycles. The zero-order valence-electron chi connectivity index (χ0n) is 23.1. The molecule has 1 aliphatic rings. The third-order valence-corrected chi connectivity index (χ3v) is 7.81. The van der Waals surface area contributed by atoms with Crippen LogP contribution in [0.2, 0.25) is 0 Å². The molecule has 1 atom stereocenters. The maximum atomic E-state index is 13.9. The van der Waals surface area contributed by atoms with Crippen LogP contribution in [0.1, 0.15) is 82.9 Å². The highest BCUT2D eigenvalue weighted by Crippen LogP contribution is 2.37. The molecule has 1 unspecified atom stereocenters. The molecule has 0 aromatic heterocycles. The Hall–Kier alpha value is -2.99. The lowest BCUT2D eigenvalue weighted by atomic mass is 9.84. The van der Waals surface area contributed by atoms with Gasteiger partial charge in [-0.25, -0.2) is 5.84 Å². The molecule has 6 nitrogen and oxygen atoms in total. The third-order valence-electron chi connectivity index (χ3n) is 7.81. The number of hydrogen-bond acceptors (Lipinski definition) is 5. The summed E-state index contributed by atoms with van der Waals surface area (Å²) in [6, 6.07) is 16.6. The van der Waals surface area contributed by atoms with Crippen LogP contribution in [0.3, 0.4) is 0 Å². The van der Waals surface area contributed by atoms with Crippen molar-refractivity contribution in [1.82, 2.24) is 15.6 Å². The van der Waals surface area contributed by atoms with Gasteiger partial charge in [-0.2, -0.15) is 0 Å². The van der Waals surface area contributed by atoms with Crippen molar-refractivity contribution in [1.29, 1.82) is 0 Å². The summed E-state index contributed by atoms with van der Waals surface area (Å²) in [6.07, 6.45) is 2.97. The number of carbonyl (C=O) groups is 1. The number of benzene rings is 2. The average molecular weight is 493 g/mol. The lowest BCUT2D eigenvalue weighted by molar-refractivity contribution is -0.120. The highest BCUT2D eigenvalue weighted by molar-refractivity contribution is 5.94. The molecule has 1 heterocycles. The van der Waals surface area contributed by atoms with Gasteiger partial charge in [0, 0.05) is 12.5 Å². The van der Waals surface area contributed by atoms with Crippen molar-refractivity contribution >= 4 is 5.91 Å². The maximum absolute atomic E-state index is 13.9. The van der Waals surface area contributed by atoms with Gasteiger partial charge in [0.1, 0.15) is 11.6 Å². The Kier molecular flexibility index (Phi) is 8.72. The van der Waals surface area contributed by atoms with E-state index in [1.54, 1.807) is 12.1 Å². The number of hydrazine groups is 1. The van der Waals surface area contributed by atoms with E-state index in [0.29, 0.717) is 24.4 Å². The van der Waals surface area contributed by atoms with Crippen LogP contribution in [-0.2, 0) is 10.3 Å². The van der Waals surface area contributed by atoms with Gasteiger partial charge < -0.3 is 15.4 Å². The molecule has 3 rings (SSSR count). The van der Waals surface area contributed by atoms with Crippen molar-refractivity contribution in [2.45, 2.75) is 84.2 Å². The van der Waals surface area contributed by atoms with E-state index in [9.17, 15) is 4.79 Å². The minimum atomic E-state index is -0.439. The fourth-order valence-electron chi connectivity index (χ4n) is 5.37. The fourth-order valence-corrected chi connectivity index (χ4v) is 5.37. The normalized spacial score (nSPS) is 19.2. The summed E-state index contributed by atoms with van der Waals surface area (Å²) < 4.78 is 5.65. The van der Waals surface area contributed by atoms with Crippen LogP contribution in [0.4, 0.5) is 0 Å². The second-order valence-corrected chi connectivity index (χ2v) is 10.5. The molecular formula is C30H44N4O2. The van der Waals surface area contributed by atoms with Crippen LogP contribution < -0.4 is 21.2 Å². The SMILES string of the molecule is CC/C(C(=O)NC(CC)(CC)c1ccc(C)cc1)=C1/NCC(c2ccccc2OC)CC(C)(C)N1N. The summed E-state index contributed by atoms with van der Waals surface area (Å²) in [7, 11) is 1.70. The van der Waals surface area contributed by atoms with Crippen molar-refractivity contribution in [2.24, 2.45) is 5.84 Å². The monoisotopic (exact) mass is 492 g/mol. The summed E-state index contributed by atoms with van der Waals surface area (Å²) in [5.41, 5.74) is 3.33. The summed E-state index contributed by atoms with van der Waals surface area (Å²) in [4.78, 5) is 13.9. The zero-order chi connectivity index (χ0) is 26.5. The number of aryl methyl sites for hydroxylation is 1. The van der Waals surface area contributed by atoms with E-state index in [1.165, 1.54) is 5.56 Å². The fraction of sp³-hybridized carbons (Fsp3) is 0.500. The van der Waals surface area contributed by atoms with Crippen LogP contribution >= 0.6 is 0 Å². The standard InChI is InChI=1S/C30H44N4O2/c1-8-24(28(35)33-30(9-2,10-3)23-17-15-21(4)16-18-23)27-32-20-22(19-29(5,6)34(27)31)25-13-11-12-14-26(25)36-7/h11-18,22,32H,8-10,19-20,31H2,1-7H3,(H,33,35)/b27-24+. The number of nitrogens with zero attached hydrogens (tertiary/aromatic N) is 1. The van der Waals surface area contributed by atoms with Gasteiger partial charge in [-0.15, -0.1) is 0 Å². The molecule has 1 aliphatic heterocycles. The molecule has 0 bridgehead atoms. The average Bonchev–Trinajstić information content (AvgIpc) is 2.99. The Morgan fingerprint density at radius 2 is 1.78 bits per heavy atom. The predicted octanol–water partition coefficient (Wildman–Crippen LogP) is 5.49. The molecule has 0 saturated carbocycles. The number of methoxy groups -OCH3 is 1. The van der Waals surface area contributed by atoms with E-state index in [1.807, 2.05) is 25.1 Å². The van der Waals surface area contributed by atoms with Crippen LogP contribution in [0.25, 0.3) is 0 Å². The van der Waals surface area contributed by atoms with Crippen LogP contribution in [0.5, 0.6) is 5.75 Å². The van der Waals surface area contributed by atoms with E-state index in [0.717, 1.165) is 36.1 Å². The predicted molar refractivity (Wildman–Crippen MR) is 147 cm³/mol. The molecule has 2 aromatic rings. The van der Waals surface area contributed by atoms with Crippen LogP contribution in [-0.4, -0.2) is 30.1 Å². The van der Waals surface area contributed by atoms with E-state index in [4.69, 9.17) is 10.6 Å². The van der Waals surface area contributed by atoms with Crippen molar-refractivity contribution in [3.05, 3.63) is 76.6 Å². The Balaban J connectivity index is 1.98. The van der Waals surface area contributed by atoms with Gasteiger partial charge in [0.05, 0.1) is 23.8 Å². The lowest BCUT2D eigenvalue weighted by Gasteiger charge is -2.38. The molecule has 196 valence electrons. The van der Waals surface area contributed by atoms with Crippen LogP contribution in [0, 0.1) is 6.92 Å². The van der Waals surface area contributed by atoms with E-state index in [2.05, 4.69) is 75.6 Å². The zero-order valence-corrected chi connectivity index (χ0v) is 23.1. The Labute approximate surface area is 217 Å². The second kappa shape index (κ2) is 11.4. The Morgan fingerprint density at radius 3 is 2.36 bits per heavy atom. The topological polar surface area (TPSA) is 79.6 Å². The van der Waals surface area contributed by atoms with Crippen molar-refractivity contribution < 1.29 is 9.53 Å². The first-order chi connectivity index (χ1) is 17.1. The Bertz CT molecular complexity index is 1070. The van der Waals surface area contributed by atoms with E-state index >= 15 is 0 Å². The molecule has 1 amide bonds. The molecular weight excluding hydrogens is 448 g/mol. The second-order valence-electron chi connectivity index (χ2n) is 10.5. The van der Waals surface area contributed by atoms with Gasteiger partial charge in [0.15, 0.2) is 0 Å². The van der Waals surface area contributed by atoms with Gasteiger partial charge in [-0.05, 0) is 63.6 Å². The lowest BCUT2D eigenvalue weighted by Crippen LogP contribution is -2.51. The minimum absolute atomic E-state index is 0.0775. The van der Waals surface area contributed by atoms with Gasteiger partial charge >= 0.3 is 0 Å². The molecule has 0 aliphatic carbocycles.